The third kappa shape index (κ3) is 5.04. The number of thiazole rings is 1. The smallest absolute Gasteiger partial charge is 0.326 e. The number of hydrazone groups is 1. The minimum atomic E-state index is -0.653. The molecule has 0 saturated carbocycles. The van der Waals surface area contributed by atoms with Crippen LogP contribution in [0.1, 0.15) is 29.3 Å². The average molecular weight is 466 g/mol. The number of ether oxygens (including phenoxy) is 2. The number of esters is 1. The van der Waals surface area contributed by atoms with Crippen LogP contribution in [0.5, 0.6) is 5.75 Å². The molecule has 3 aromatic rings. The molecule has 0 radical (unpaired) electrons. The summed E-state index contributed by atoms with van der Waals surface area (Å²) in [7, 11) is 1.59. The quantitative estimate of drug-likeness (QED) is 0.500. The first-order valence-corrected chi connectivity index (χ1v) is 11.2. The van der Waals surface area contributed by atoms with Crippen molar-refractivity contribution in [1.29, 1.82) is 0 Å². The highest BCUT2D eigenvalue weighted by Crippen LogP contribution is 2.33. The molecule has 9 heteroatoms. The second kappa shape index (κ2) is 9.83. The lowest BCUT2D eigenvalue weighted by Gasteiger charge is -2.22. The number of hydrogen-bond acceptors (Lipinski definition) is 7. The lowest BCUT2D eigenvalue weighted by molar-refractivity contribution is -0.153. The highest BCUT2D eigenvalue weighted by Gasteiger charge is 2.33. The lowest BCUT2D eigenvalue weighted by Crippen LogP contribution is -2.32. The van der Waals surface area contributed by atoms with Crippen LogP contribution in [0.4, 0.5) is 0 Å². The van der Waals surface area contributed by atoms with Crippen molar-refractivity contribution in [2.24, 2.45) is 5.10 Å². The van der Waals surface area contributed by atoms with Gasteiger partial charge in [0.15, 0.2) is 6.61 Å². The summed E-state index contributed by atoms with van der Waals surface area (Å²) in [4.78, 5) is 36.8. The van der Waals surface area contributed by atoms with Gasteiger partial charge in [0.25, 0.3) is 5.91 Å². The number of aromatic nitrogens is 1. The summed E-state index contributed by atoms with van der Waals surface area (Å²) in [6.07, 6.45) is 0.527. The molecule has 1 aliphatic heterocycles. The maximum absolute atomic E-state index is 13.0. The molecule has 2 aromatic carbocycles. The molecular weight excluding hydrogens is 442 g/mol. The molecule has 8 nitrogen and oxygen atoms in total. The molecule has 1 aliphatic rings. The monoisotopic (exact) mass is 465 g/mol. The third-order valence-electron chi connectivity index (χ3n) is 5.39. The second-order valence-electron chi connectivity index (χ2n) is 7.53. The molecule has 0 N–H and O–H groups in total. The summed E-state index contributed by atoms with van der Waals surface area (Å²) < 4.78 is 11.7. The zero-order valence-corrected chi connectivity index (χ0v) is 19.1. The van der Waals surface area contributed by atoms with E-state index in [9.17, 15) is 14.4 Å². The molecule has 1 atom stereocenters. The van der Waals surface area contributed by atoms with Crippen LogP contribution in [-0.2, 0) is 20.9 Å². The number of carbonyl (C=O) groups is 2. The summed E-state index contributed by atoms with van der Waals surface area (Å²) in [5, 5.41) is 7.61. The molecule has 0 fully saturated rings. The van der Waals surface area contributed by atoms with Crippen LogP contribution in [-0.4, -0.2) is 40.9 Å². The highest BCUT2D eigenvalue weighted by molar-refractivity contribution is 7.07. The van der Waals surface area contributed by atoms with Gasteiger partial charge in [0.1, 0.15) is 12.3 Å². The number of aryl methyl sites for hydroxylation is 1. The van der Waals surface area contributed by atoms with Gasteiger partial charge in [0.05, 0.1) is 18.9 Å². The van der Waals surface area contributed by atoms with Gasteiger partial charge in [-0.25, -0.2) is 5.01 Å². The summed E-state index contributed by atoms with van der Waals surface area (Å²) in [5.74, 6) is -0.379. The molecule has 0 saturated heterocycles. The molecule has 2 heterocycles. The van der Waals surface area contributed by atoms with Gasteiger partial charge in [-0.15, -0.1) is 0 Å². The molecule has 0 aliphatic carbocycles. The molecule has 1 amide bonds. The predicted molar refractivity (Wildman–Crippen MR) is 124 cm³/mol. The van der Waals surface area contributed by atoms with Crippen molar-refractivity contribution >= 4 is 28.9 Å². The minimum Gasteiger partial charge on any atom is -0.497 e. The van der Waals surface area contributed by atoms with Gasteiger partial charge in [-0.1, -0.05) is 53.8 Å². The van der Waals surface area contributed by atoms with Crippen molar-refractivity contribution in [3.8, 4) is 5.75 Å². The number of carbonyl (C=O) groups excluding carboxylic acids is 2. The number of nitrogens with zero attached hydrogens (tertiary/aromatic N) is 3. The maximum Gasteiger partial charge on any atom is 0.326 e. The topological polar surface area (TPSA) is 90.2 Å². The number of methoxy groups -OCH3 is 1. The van der Waals surface area contributed by atoms with Crippen LogP contribution in [0.2, 0.25) is 0 Å². The Bertz CT molecular complexity index is 1230. The predicted octanol–water partition coefficient (Wildman–Crippen LogP) is 3.15. The normalized spacial score (nSPS) is 15.3. The van der Waals surface area contributed by atoms with Crippen molar-refractivity contribution in [1.82, 2.24) is 9.58 Å². The van der Waals surface area contributed by atoms with E-state index in [1.54, 1.807) is 19.4 Å². The van der Waals surface area contributed by atoms with Crippen LogP contribution in [0.25, 0.3) is 0 Å². The van der Waals surface area contributed by atoms with Crippen molar-refractivity contribution in [3.63, 3.8) is 0 Å². The van der Waals surface area contributed by atoms with Crippen LogP contribution in [0.3, 0.4) is 0 Å². The zero-order valence-electron chi connectivity index (χ0n) is 18.3. The Hall–Kier alpha value is -3.72. The second-order valence-corrected chi connectivity index (χ2v) is 8.35. The number of rotatable bonds is 7. The van der Waals surface area contributed by atoms with E-state index in [0.29, 0.717) is 17.9 Å². The standard InChI is InChI=1S/C24H23N3O5S/c1-16-15-33-24(30)26(16)13-23(29)32-14-22(28)27-21(18-8-10-19(31-2)11-9-18)12-20(25-27)17-6-4-3-5-7-17/h3-11,15,21H,12-14H2,1-2H3/t21-/m0/s1. The van der Waals surface area contributed by atoms with Crippen molar-refractivity contribution < 1.29 is 19.1 Å². The zero-order chi connectivity index (χ0) is 23.4. The van der Waals surface area contributed by atoms with E-state index < -0.39 is 18.5 Å². The molecule has 170 valence electrons. The number of hydrogen-bond donors (Lipinski definition) is 0. The Morgan fingerprint density at radius 1 is 1.12 bits per heavy atom. The first-order chi connectivity index (χ1) is 16.0. The van der Waals surface area contributed by atoms with Crippen molar-refractivity contribution in [3.05, 3.63) is 86.5 Å². The van der Waals surface area contributed by atoms with Gasteiger partial charge in [-0.3, -0.25) is 19.0 Å². The SMILES string of the molecule is COc1ccc([C@@H]2CC(c3ccccc3)=NN2C(=O)COC(=O)Cn2c(C)csc2=O)cc1. The van der Waals surface area contributed by atoms with E-state index in [1.807, 2.05) is 54.6 Å². The van der Waals surface area contributed by atoms with E-state index in [0.717, 1.165) is 28.2 Å². The Kier molecular flexibility index (Phi) is 6.69. The van der Waals surface area contributed by atoms with Crippen LogP contribution in [0, 0.1) is 6.92 Å². The van der Waals surface area contributed by atoms with Crippen LogP contribution in [0.15, 0.2) is 69.9 Å². The molecule has 4 rings (SSSR count). The fourth-order valence-electron chi connectivity index (χ4n) is 3.61. The fourth-order valence-corrected chi connectivity index (χ4v) is 4.34. The molecule has 0 spiro atoms. The van der Waals surface area contributed by atoms with Crippen LogP contribution >= 0.6 is 11.3 Å². The fraction of sp³-hybridized carbons (Fsp3) is 0.250. The van der Waals surface area contributed by atoms with Gasteiger partial charge in [-0.05, 0) is 30.2 Å². The Labute approximate surface area is 194 Å². The lowest BCUT2D eigenvalue weighted by atomic mass is 9.98. The summed E-state index contributed by atoms with van der Waals surface area (Å²) in [6.45, 7) is 1.04. The molecular formula is C24H23N3O5S. The first kappa shape index (κ1) is 22.5. The van der Waals surface area contributed by atoms with Gasteiger partial charge in [-0.2, -0.15) is 5.10 Å². The van der Waals surface area contributed by atoms with Gasteiger partial charge >= 0.3 is 10.8 Å². The number of amides is 1. The Balaban J connectivity index is 1.50. The largest absolute Gasteiger partial charge is 0.497 e. The highest BCUT2D eigenvalue weighted by atomic mass is 32.1. The van der Waals surface area contributed by atoms with Crippen molar-refractivity contribution in [2.45, 2.75) is 25.9 Å². The van der Waals surface area contributed by atoms with Crippen LogP contribution < -0.4 is 9.61 Å². The van der Waals surface area contributed by atoms with Gasteiger partial charge in [0, 0.05) is 17.5 Å². The summed E-state index contributed by atoms with van der Waals surface area (Å²) in [6, 6.07) is 16.8. The molecule has 1 aromatic heterocycles. The maximum atomic E-state index is 13.0. The van der Waals surface area contributed by atoms with Crippen molar-refractivity contribution in [2.75, 3.05) is 13.7 Å². The Morgan fingerprint density at radius 3 is 2.48 bits per heavy atom. The van der Waals surface area contributed by atoms with Gasteiger partial charge < -0.3 is 9.47 Å². The minimum absolute atomic E-state index is 0.234. The third-order valence-corrected chi connectivity index (χ3v) is 6.27. The van der Waals surface area contributed by atoms with Gasteiger partial charge in [0.2, 0.25) is 0 Å². The summed E-state index contributed by atoms with van der Waals surface area (Å²) in [5.41, 5.74) is 3.27. The Morgan fingerprint density at radius 2 is 1.85 bits per heavy atom. The molecule has 33 heavy (non-hydrogen) atoms. The molecule has 0 unspecified atom stereocenters. The van der Waals surface area contributed by atoms with E-state index in [1.165, 1.54) is 9.58 Å². The van der Waals surface area contributed by atoms with E-state index in [2.05, 4.69) is 5.10 Å². The molecule has 0 bridgehead atoms. The van der Waals surface area contributed by atoms with E-state index in [-0.39, 0.29) is 17.5 Å². The summed E-state index contributed by atoms with van der Waals surface area (Å²) >= 11 is 1.01. The number of benzene rings is 2. The van der Waals surface area contributed by atoms with E-state index >= 15 is 0 Å². The van der Waals surface area contributed by atoms with E-state index in [4.69, 9.17) is 9.47 Å². The first-order valence-electron chi connectivity index (χ1n) is 10.4. The average Bonchev–Trinajstić information content (AvgIpc) is 3.43.